The van der Waals surface area contributed by atoms with E-state index >= 15 is 0 Å². The van der Waals surface area contributed by atoms with Crippen LogP contribution in [0.3, 0.4) is 0 Å². The minimum Gasteiger partial charge on any atom is -0.290 e. The summed E-state index contributed by atoms with van der Waals surface area (Å²) in [6.45, 7) is 2.35. The summed E-state index contributed by atoms with van der Waals surface area (Å²) in [5, 5.41) is 10.3. The molecule has 0 aliphatic rings. The van der Waals surface area contributed by atoms with E-state index in [4.69, 9.17) is 0 Å². The van der Waals surface area contributed by atoms with Gasteiger partial charge in [0.05, 0.1) is 0 Å². The van der Waals surface area contributed by atoms with E-state index < -0.39 is 35.3 Å². The van der Waals surface area contributed by atoms with Crippen molar-refractivity contribution in [2.45, 2.75) is 38.4 Å². The lowest BCUT2D eigenvalue weighted by Crippen LogP contribution is -2.33. The minimum absolute atomic E-state index is 0.418. The molecule has 14 heavy (non-hydrogen) atoms. The van der Waals surface area contributed by atoms with Crippen LogP contribution in [-0.2, 0) is 4.79 Å². The lowest BCUT2D eigenvalue weighted by molar-refractivity contribution is -0.561. The van der Waals surface area contributed by atoms with Gasteiger partial charge in [-0.25, -0.2) is 0 Å². The molecule has 0 fully saturated rings. The molecule has 0 saturated carbocycles. The molecule has 0 aromatic rings. The Bertz CT molecular complexity index is 247. The van der Waals surface area contributed by atoms with Gasteiger partial charge < -0.3 is 0 Å². The molecule has 7 heteroatoms. The SMILES string of the molecule is CC(C)(CCC(=O)C(F)(F)F)[N+](=O)[O-]. The maximum atomic E-state index is 11.7. The second kappa shape index (κ2) is 3.93. The normalized spacial score (nSPS) is 12.6. The number of alkyl halides is 3. The molecule has 0 aliphatic carbocycles. The van der Waals surface area contributed by atoms with Gasteiger partial charge in [0.2, 0.25) is 11.3 Å². The van der Waals surface area contributed by atoms with Gasteiger partial charge in [-0.2, -0.15) is 13.2 Å². The third-order valence-electron chi connectivity index (χ3n) is 1.77. The number of ketones is 1. The Morgan fingerprint density at radius 1 is 1.36 bits per heavy atom. The maximum Gasteiger partial charge on any atom is 0.449 e. The number of rotatable bonds is 4. The number of halogens is 3. The molecule has 0 atom stereocenters. The van der Waals surface area contributed by atoms with Crippen LogP contribution >= 0.6 is 0 Å². The Morgan fingerprint density at radius 3 is 2.07 bits per heavy atom. The summed E-state index contributed by atoms with van der Waals surface area (Å²) < 4.78 is 35.1. The van der Waals surface area contributed by atoms with Crippen LogP contribution in [0.5, 0.6) is 0 Å². The van der Waals surface area contributed by atoms with E-state index in [1.807, 2.05) is 0 Å². The van der Waals surface area contributed by atoms with E-state index in [0.717, 1.165) is 0 Å². The molecule has 0 aromatic heterocycles. The zero-order chi connectivity index (χ0) is 11.6. The topological polar surface area (TPSA) is 60.2 Å². The van der Waals surface area contributed by atoms with Crippen molar-refractivity contribution in [3.8, 4) is 0 Å². The van der Waals surface area contributed by atoms with Crippen LogP contribution in [0.25, 0.3) is 0 Å². The summed E-state index contributed by atoms with van der Waals surface area (Å²) in [6, 6.07) is 0. The van der Waals surface area contributed by atoms with Crippen molar-refractivity contribution in [1.29, 1.82) is 0 Å². The van der Waals surface area contributed by atoms with Gasteiger partial charge in [0.15, 0.2) is 0 Å². The fourth-order valence-corrected chi connectivity index (χ4v) is 0.652. The summed E-state index contributed by atoms with van der Waals surface area (Å²) in [6.07, 6.45) is -6.16. The molecule has 0 bridgehead atoms. The highest BCUT2D eigenvalue weighted by atomic mass is 19.4. The number of nitro groups is 1. The van der Waals surface area contributed by atoms with Crippen LogP contribution in [0.4, 0.5) is 13.2 Å². The second-order valence-electron chi connectivity index (χ2n) is 3.49. The number of nitrogens with zero attached hydrogens (tertiary/aromatic N) is 1. The average Bonchev–Trinajstić information content (AvgIpc) is 1.98. The summed E-state index contributed by atoms with van der Waals surface area (Å²) in [5.74, 6) is -1.92. The fraction of sp³-hybridized carbons (Fsp3) is 0.857. The highest BCUT2D eigenvalue weighted by Crippen LogP contribution is 2.22. The second-order valence-corrected chi connectivity index (χ2v) is 3.49. The molecule has 4 nitrogen and oxygen atoms in total. The molecule has 0 aromatic carbocycles. The van der Waals surface area contributed by atoms with Crippen molar-refractivity contribution in [2.24, 2.45) is 0 Å². The number of carbonyl (C=O) groups excluding carboxylic acids is 1. The van der Waals surface area contributed by atoms with Crippen LogP contribution in [0.2, 0.25) is 0 Å². The van der Waals surface area contributed by atoms with Crippen molar-refractivity contribution in [3.63, 3.8) is 0 Å². The Labute approximate surface area is 78.2 Å². The zero-order valence-corrected chi connectivity index (χ0v) is 7.72. The molecule has 82 valence electrons. The molecule has 0 spiro atoms. The van der Waals surface area contributed by atoms with Gasteiger partial charge in [-0.3, -0.25) is 14.9 Å². The van der Waals surface area contributed by atoms with Gasteiger partial charge in [0, 0.05) is 31.6 Å². The Morgan fingerprint density at radius 2 is 1.79 bits per heavy atom. The molecule has 0 amide bonds. The van der Waals surface area contributed by atoms with E-state index in [-0.39, 0.29) is 0 Å². The van der Waals surface area contributed by atoms with Crippen molar-refractivity contribution in [2.75, 3.05) is 0 Å². The first-order valence-electron chi connectivity index (χ1n) is 3.82. The summed E-state index contributed by atoms with van der Waals surface area (Å²) in [7, 11) is 0. The van der Waals surface area contributed by atoms with Gasteiger partial charge in [0.25, 0.3) is 0 Å². The van der Waals surface area contributed by atoms with Crippen molar-refractivity contribution >= 4 is 5.78 Å². The summed E-state index contributed by atoms with van der Waals surface area (Å²) in [4.78, 5) is 20.0. The fourth-order valence-electron chi connectivity index (χ4n) is 0.652. The molecule has 0 heterocycles. The predicted octanol–water partition coefficient (Wildman–Crippen LogP) is 1.95. The largest absolute Gasteiger partial charge is 0.449 e. The minimum atomic E-state index is -4.90. The van der Waals surface area contributed by atoms with Crippen LogP contribution < -0.4 is 0 Å². The smallest absolute Gasteiger partial charge is 0.290 e. The van der Waals surface area contributed by atoms with Gasteiger partial charge in [-0.05, 0) is 0 Å². The molecule has 0 aliphatic heterocycles. The predicted molar refractivity (Wildman–Crippen MR) is 41.4 cm³/mol. The first-order chi connectivity index (χ1) is 6.07. The van der Waals surface area contributed by atoms with Gasteiger partial charge in [0.1, 0.15) is 0 Å². The third-order valence-corrected chi connectivity index (χ3v) is 1.77. The van der Waals surface area contributed by atoms with Crippen LogP contribution in [0.15, 0.2) is 0 Å². The third kappa shape index (κ3) is 3.71. The van der Waals surface area contributed by atoms with E-state index in [1.165, 1.54) is 13.8 Å². The summed E-state index contributed by atoms with van der Waals surface area (Å²) >= 11 is 0. The lowest BCUT2D eigenvalue weighted by Gasteiger charge is -2.14. The molecule has 0 N–H and O–H groups in total. The van der Waals surface area contributed by atoms with E-state index in [0.29, 0.717) is 0 Å². The molecule has 0 saturated heterocycles. The Hall–Kier alpha value is -1.14. The van der Waals surface area contributed by atoms with Crippen LogP contribution in [0, 0.1) is 10.1 Å². The van der Waals surface area contributed by atoms with Gasteiger partial charge >= 0.3 is 6.18 Å². The standard InChI is InChI=1S/C7H10F3NO3/c1-6(2,11(13)14)4-3-5(12)7(8,9)10/h3-4H2,1-2H3. The Kier molecular flexibility index (Phi) is 3.61. The average molecular weight is 213 g/mol. The van der Waals surface area contributed by atoms with E-state index in [2.05, 4.69) is 0 Å². The first-order valence-corrected chi connectivity index (χ1v) is 3.82. The lowest BCUT2D eigenvalue weighted by atomic mass is 9.98. The van der Waals surface area contributed by atoms with Gasteiger partial charge in [-0.1, -0.05) is 0 Å². The van der Waals surface area contributed by atoms with Crippen LogP contribution in [-0.4, -0.2) is 22.4 Å². The van der Waals surface area contributed by atoms with Crippen molar-refractivity contribution < 1.29 is 22.9 Å². The van der Waals surface area contributed by atoms with E-state index in [1.54, 1.807) is 0 Å². The molecule has 0 unspecified atom stereocenters. The van der Waals surface area contributed by atoms with Crippen molar-refractivity contribution in [1.82, 2.24) is 0 Å². The van der Waals surface area contributed by atoms with E-state index in [9.17, 15) is 28.1 Å². The highest BCUT2D eigenvalue weighted by molar-refractivity contribution is 5.83. The molecule has 0 rings (SSSR count). The number of hydrogen-bond acceptors (Lipinski definition) is 3. The molecule has 0 radical (unpaired) electrons. The highest BCUT2D eigenvalue weighted by Gasteiger charge is 2.40. The zero-order valence-electron chi connectivity index (χ0n) is 7.72. The number of hydrogen-bond donors (Lipinski definition) is 0. The van der Waals surface area contributed by atoms with Gasteiger partial charge in [-0.15, -0.1) is 0 Å². The van der Waals surface area contributed by atoms with Crippen molar-refractivity contribution in [3.05, 3.63) is 10.1 Å². The molecular weight excluding hydrogens is 203 g/mol. The first kappa shape index (κ1) is 12.9. The Balaban J connectivity index is 4.21. The number of Topliss-reactive ketones (excluding diaryl/α,β-unsaturated/α-hetero) is 1. The summed E-state index contributed by atoms with van der Waals surface area (Å²) in [5.41, 5.74) is -1.50. The number of carbonyl (C=O) groups is 1. The van der Waals surface area contributed by atoms with Crippen LogP contribution in [0.1, 0.15) is 26.7 Å². The quantitative estimate of drug-likeness (QED) is 0.529. The monoisotopic (exact) mass is 213 g/mol. The maximum absolute atomic E-state index is 11.7. The molecular formula is C7H10F3NO3.